The van der Waals surface area contributed by atoms with E-state index in [4.69, 9.17) is 5.11 Å². The SMILES string of the molecule is CCC[C@H](NSC)C(=O)O. The van der Waals surface area contributed by atoms with E-state index in [9.17, 15) is 4.79 Å². The van der Waals surface area contributed by atoms with Crippen molar-refractivity contribution in [3.05, 3.63) is 0 Å². The van der Waals surface area contributed by atoms with Gasteiger partial charge in [0, 0.05) is 0 Å². The second-order valence-electron chi connectivity index (χ2n) is 2.00. The molecule has 0 aromatic rings. The molecule has 0 aliphatic heterocycles. The smallest absolute Gasteiger partial charge is 0.321 e. The standard InChI is InChI=1S/C6H13NO2S/c1-3-4-5(6(8)9)7-10-2/h5,7H,3-4H2,1-2H3,(H,8,9)/t5-/m0/s1. The van der Waals surface area contributed by atoms with Gasteiger partial charge in [0.05, 0.1) is 0 Å². The molecule has 0 amide bonds. The number of carboxylic acids is 1. The summed E-state index contributed by atoms with van der Waals surface area (Å²) in [5.41, 5.74) is 0. The molecule has 60 valence electrons. The average Bonchev–Trinajstić information content (AvgIpc) is 1.87. The molecule has 0 radical (unpaired) electrons. The number of carboxylic acid groups (broad SMARTS) is 1. The lowest BCUT2D eigenvalue weighted by molar-refractivity contribution is -0.139. The second-order valence-corrected chi connectivity index (χ2v) is 2.65. The molecule has 10 heavy (non-hydrogen) atoms. The Hall–Kier alpha value is -0.220. The summed E-state index contributed by atoms with van der Waals surface area (Å²) >= 11 is 1.35. The van der Waals surface area contributed by atoms with Gasteiger partial charge >= 0.3 is 5.97 Å². The number of hydrogen-bond donors (Lipinski definition) is 2. The van der Waals surface area contributed by atoms with Gasteiger partial charge in [0.15, 0.2) is 0 Å². The molecular weight excluding hydrogens is 150 g/mol. The van der Waals surface area contributed by atoms with Gasteiger partial charge in [-0.3, -0.25) is 9.52 Å². The van der Waals surface area contributed by atoms with Gasteiger partial charge in [0.25, 0.3) is 0 Å². The molecule has 0 aliphatic rings. The van der Waals surface area contributed by atoms with E-state index < -0.39 is 5.97 Å². The van der Waals surface area contributed by atoms with Crippen LogP contribution in [0.3, 0.4) is 0 Å². The van der Waals surface area contributed by atoms with Crippen LogP contribution in [-0.4, -0.2) is 23.4 Å². The summed E-state index contributed by atoms with van der Waals surface area (Å²) in [7, 11) is 0. The molecule has 0 rings (SSSR count). The quantitative estimate of drug-likeness (QED) is 0.596. The molecule has 4 heteroatoms. The van der Waals surface area contributed by atoms with Gasteiger partial charge < -0.3 is 5.11 Å². The van der Waals surface area contributed by atoms with E-state index in [1.807, 2.05) is 13.2 Å². The maximum Gasteiger partial charge on any atom is 0.321 e. The van der Waals surface area contributed by atoms with Crippen LogP contribution in [0.1, 0.15) is 19.8 Å². The first-order valence-corrected chi connectivity index (χ1v) is 4.46. The van der Waals surface area contributed by atoms with Crippen molar-refractivity contribution in [1.29, 1.82) is 0 Å². The highest BCUT2D eigenvalue weighted by atomic mass is 32.2. The molecule has 0 spiro atoms. The first-order valence-electron chi connectivity index (χ1n) is 3.23. The van der Waals surface area contributed by atoms with Crippen LogP contribution in [-0.2, 0) is 4.79 Å². The van der Waals surface area contributed by atoms with Gasteiger partial charge in [-0.05, 0) is 12.7 Å². The van der Waals surface area contributed by atoms with E-state index in [2.05, 4.69) is 4.72 Å². The highest BCUT2D eigenvalue weighted by molar-refractivity contribution is 7.96. The summed E-state index contributed by atoms with van der Waals surface area (Å²) in [6.45, 7) is 1.97. The lowest BCUT2D eigenvalue weighted by atomic mass is 10.2. The summed E-state index contributed by atoms with van der Waals surface area (Å²) in [5, 5.41) is 8.56. The lowest BCUT2D eigenvalue weighted by Crippen LogP contribution is -2.31. The molecule has 0 saturated carbocycles. The van der Waals surface area contributed by atoms with Crippen LogP contribution in [0.4, 0.5) is 0 Å². The van der Waals surface area contributed by atoms with Gasteiger partial charge in [-0.25, -0.2) is 0 Å². The van der Waals surface area contributed by atoms with Crippen molar-refractivity contribution >= 4 is 17.9 Å². The van der Waals surface area contributed by atoms with Crippen molar-refractivity contribution < 1.29 is 9.90 Å². The van der Waals surface area contributed by atoms with E-state index >= 15 is 0 Å². The Bertz CT molecular complexity index is 102. The third-order valence-corrected chi connectivity index (χ3v) is 1.66. The van der Waals surface area contributed by atoms with E-state index in [1.54, 1.807) is 0 Å². The van der Waals surface area contributed by atoms with Crippen LogP contribution >= 0.6 is 11.9 Å². The fraction of sp³-hybridized carbons (Fsp3) is 0.833. The Morgan fingerprint density at radius 3 is 2.70 bits per heavy atom. The van der Waals surface area contributed by atoms with Gasteiger partial charge in [-0.15, -0.1) is 0 Å². The van der Waals surface area contributed by atoms with Crippen molar-refractivity contribution in [3.8, 4) is 0 Å². The Morgan fingerprint density at radius 1 is 1.80 bits per heavy atom. The molecule has 0 aliphatic carbocycles. The first kappa shape index (κ1) is 9.78. The first-order chi connectivity index (χ1) is 4.72. The summed E-state index contributed by atoms with van der Waals surface area (Å²) < 4.78 is 2.80. The average molecular weight is 163 g/mol. The summed E-state index contributed by atoms with van der Waals surface area (Å²) in [5.74, 6) is -0.767. The molecule has 0 saturated heterocycles. The number of nitrogens with one attached hydrogen (secondary N) is 1. The molecule has 0 unspecified atom stereocenters. The Balaban J connectivity index is 3.61. The molecule has 0 aromatic carbocycles. The van der Waals surface area contributed by atoms with Crippen molar-refractivity contribution in [2.45, 2.75) is 25.8 Å². The van der Waals surface area contributed by atoms with Crippen LogP contribution in [0.2, 0.25) is 0 Å². The molecule has 0 heterocycles. The zero-order valence-electron chi connectivity index (χ0n) is 6.26. The zero-order chi connectivity index (χ0) is 7.98. The topological polar surface area (TPSA) is 49.3 Å². The lowest BCUT2D eigenvalue weighted by Gasteiger charge is -2.09. The van der Waals surface area contributed by atoms with Gasteiger partial charge in [0.1, 0.15) is 6.04 Å². The zero-order valence-corrected chi connectivity index (χ0v) is 7.07. The fourth-order valence-corrected chi connectivity index (χ4v) is 1.17. The van der Waals surface area contributed by atoms with Gasteiger partial charge in [-0.2, -0.15) is 0 Å². The van der Waals surface area contributed by atoms with E-state index in [-0.39, 0.29) is 6.04 Å². The molecule has 0 bridgehead atoms. The van der Waals surface area contributed by atoms with E-state index in [0.29, 0.717) is 6.42 Å². The van der Waals surface area contributed by atoms with Crippen LogP contribution in [0.15, 0.2) is 0 Å². The molecular formula is C6H13NO2S. The van der Waals surface area contributed by atoms with E-state index in [1.165, 1.54) is 11.9 Å². The monoisotopic (exact) mass is 163 g/mol. The minimum absolute atomic E-state index is 0.389. The largest absolute Gasteiger partial charge is 0.480 e. The Labute approximate surface area is 65.3 Å². The maximum atomic E-state index is 10.4. The van der Waals surface area contributed by atoms with Crippen LogP contribution in [0.5, 0.6) is 0 Å². The maximum absolute atomic E-state index is 10.4. The van der Waals surface area contributed by atoms with Gasteiger partial charge in [-0.1, -0.05) is 25.3 Å². The molecule has 1 atom stereocenters. The van der Waals surface area contributed by atoms with Crippen molar-refractivity contribution in [1.82, 2.24) is 4.72 Å². The Kier molecular flexibility index (Phi) is 5.43. The number of carbonyl (C=O) groups is 1. The third kappa shape index (κ3) is 3.74. The van der Waals surface area contributed by atoms with E-state index in [0.717, 1.165) is 6.42 Å². The normalized spacial score (nSPS) is 13.0. The minimum Gasteiger partial charge on any atom is -0.480 e. The van der Waals surface area contributed by atoms with Crippen LogP contribution < -0.4 is 4.72 Å². The summed E-state index contributed by atoms with van der Waals surface area (Å²) in [4.78, 5) is 10.4. The summed E-state index contributed by atoms with van der Waals surface area (Å²) in [6.07, 6.45) is 3.41. The van der Waals surface area contributed by atoms with Gasteiger partial charge in [0.2, 0.25) is 0 Å². The molecule has 0 fully saturated rings. The molecule has 0 aromatic heterocycles. The molecule has 3 nitrogen and oxygen atoms in total. The fourth-order valence-electron chi connectivity index (χ4n) is 0.664. The third-order valence-electron chi connectivity index (χ3n) is 1.14. The van der Waals surface area contributed by atoms with Crippen molar-refractivity contribution in [2.75, 3.05) is 6.26 Å². The summed E-state index contributed by atoms with van der Waals surface area (Å²) in [6, 6.07) is -0.389. The Morgan fingerprint density at radius 2 is 2.40 bits per heavy atom. The van der Waals surface area contributed by atoms with Crippen molar-refractivity contribution in [3.63, 3.8) is 0 Å². The van der Waals surface area contributed by atoms with Crippen molar-refractivity contribution in [2.24, 2.45) is 0 Å². The number of hydrogen-bond acceptors (Lipinski definition) is 3. The van der Waals surface area contributed by atoms with Crippen LogP contribution in [0, 0.1) is 0 Å². The predicted molar refractivity (Wildman–Crippen MR) is 43.0 cm³/mol. The predicted octanol–water partition coefficient (Wildman–Crippen LogP) is 1.11. The second kappa shape index (κ2) is 5.56. The highest BCUT2D eigenvalue weighted by Gasteiger charge is 2.13. The highest BCUT2D eigenvalue weighted by Crippen LogP contribution is 1.99. The van der Waals surface area contributed by atoms with Crippen LogP contribution in [0.25, 0.3) is 0 Å². The number of aliphatic carboxylic acids is 1. The minimum atomic E-state index is -0.767. The molecule has 2 N–H and O–H groups in total. The number of rotatable bonds is 5.